The quantitative estimate of drug-likeness (QED) is 0.618. The molecule has 0 unspecified atom stereocenters. The zero-order valence-corrected chi connectivity index (χ0v) is 7.86. The van der Waals surface area contributed by atoms with Gasteiger partial charge in [0.15, 0.2) is 0 Å². The molecule has 62 valence electrons. The highest BCUT2D eigenvalue weighted by Gasteiger charge is 2.07. The van der Waals surface area contributed by atoms with Crippen LogP contribution in [-0.2, 0) is 0 Å². The van der Waals surface area contributed by atoms with Gasteiger partial charge in [-0.25, -0.2) is 0 Å². The van der Waals surface area contributed by atoms with Crippen molar-refractivity contribution >= 4 is 11.6 Å². The highest BCUT2D eigenvalue weighted by atomic mass is 35.5. The molecule has 0 saturated heterocycles. The maximum atomic E-state index is 5.87. The van der Waals surface area contributed by atoms with Gasteiger partial charge in [-0.15, -0.1) is 0 Å². The van der Waals surface area contributed by atoms with Crippen molar-refractivity contribution in [3.63, 3.8) is 0 Å². The third kappa shape index (κ3) is 2.26. The Morgan fingerprint density at radius 2 is 2.36 bits per heavy atom. The van der Waals surface area contributed by atoms with Crippen molar-refractivity contribution in [1.29, 1.82) is 0 Å². The van der Waals surface area contributed by atoms with Gasteiger partial charge in [-0.2, -0.15) is 0 Å². The Kier molecular flexibility index (Phi) is 3.01. The molecular formula is C9H14ClN. The van der Waals surface area contributed by atoms with Crippen molar-refractivity contribution in [1.82, 2.24) is 4.90 Å². The first kappa shape index (κ1) is 8.66. The summed E-state index contributed by atoms with van der Waals surface area (Å²) in [5.74, 6) is 0. The molecule has 0 atom stereocenters. The van der Waals surface area contributed by atoms with Crippen LogP contribution in [0.2, 0.25) is 0 Å². The van der Waals surface area contributed by atoms with Crippen molar-refractivity contribution in [2.24, 2.45) is 0 Å². The van der Waals surface area contributed by atoms with Crippen molar-refractivity contribution < 1.29 is 0 Å². The number of halogens is 1. The molecular weight excluding hydrogens is 158 g/mol. The largest absolute Gasteiger partial charge is 0.374 e. The molecule has 0 saturated carbocycles. The summed E-state index contributed by atoms with van der Waals surface area (Å²) in [4.78, 5) is 2.23. The predicted octanol–water partition coefficient (Wildman–Crippen LogP) is 2.74. The maximum absolute atomic E-state index is 5.87. The van der Waals surface area contributed by atoms with Gasteiger partial charge in [-0.05, 0) is 18.6 Å². The molecule has 1 aliphatic rings. The Labute approximate surface area is 73.3 Å². The van der Waals surface area contributed by atoms with Gasteiger partial charge in [0.05, 0.1) is 0 Å². The standard InChI is InChI=1S/C9H14ClN/c1-3-4-9-7-8(10)5-6-11(9)2/h5,7H,3-4,6H2,1-2H3. The minimum absolute atomic E-state index is 0.881. The lowest BCUT2D eigenvalue weighted by Gasteiger charge is -2.24. The second kappa shape index (κ2) is 3.82. The van der Waals surface area contributed by atoms with E-state index < -0.39 is 0 Å². The van der Waals surface area contributed by atoms with Crippen LogP contribution in [0.3, 0.4) is 0 Å². The lowest BCUT2D eigenvalue weighted by Crippen LogP contribution is -2.20. The molecule has 1 nitrogen and oxygen atoms in total. The van der Waals surface area contributed by atoms with E-state index >= 15 is 0 Å². The number of allylic oxidation sites excluding steroid dienone is 3. The average Bonchev–Trinajstić information content (AvgIpc) is 1.98. The Hall–Kier alpha value is -0.430. The average molecular weight is 172 g/mol. The molecule has 11 heavy (non-hydrogen) atoms. The summed E-state index contributed by atoms with van der Waals surface area (Å²) in [6.07, 6.45) is 6.39. The first-order chi connectivity index (χ1) is 5.24. The van der Waals surface area contributed by atoms with Gasteiger partial charge in [0.1, 0.15) is 0 Å². The minimum Gasteiger partial charge on any atom is -0.374 e. The Morgan fingerprint density at radius 1 is 1.64 bits per heavy atom. The molecule has 2 heteroatoms. The van der Waals surface area contributed by atoms with Gasteiger partial charge in [0, 0.05) is 24.3 Å². The Balaban J connectivity index is 2.64. The smallest absolute Gasteiger partial charge is 0.0400 e. The third-order valence-corrected chi connectivity index (χ3v) is 2.12. The van der Waals surface area contributed by atoms with Crippen molar-refractivity contribution in [3.8, 4) is 0 Å². The fraction of sp³-hybridized carbons (Fsp3) is 0.556. The van der Waals surface area contributed by atoms with Crippen molar-refractivity contribution in [2.75, 3.05) is 13.6 Å². The molecule has 0 aromatic rings. The van der Waals surface area contributed by atoms with Crippen LogP contribution in [0.1, 0.15) is 19.8 Å². The molecule has 0 N–H and O–H groups in total. The van der Waals surface area contributed by atoms with Crippen LogP contribution >= 0.6 is 11.6 Å². The summed E-state index contributed by atoms with van der Waals surface area (Å²) in [6, 6.07) is 0. The maximum Gasteiger partial charge on any atom is 0.0400 e. The van der Waals surface area contributed by atoms with Crippen LogP contribution in [0.25, 0.3) is 0 Å². The normalized spacial score (nSPS) is 17.9. The van der Waals surface area contributed by atoms with E-state index in [0.29, 0.717) is 0 Å². The van der Waals surface area contributed by atoms with E-state index in [9.17, 15) is 0 Å². The topological polar surface area (TPSA) is 3.24 Å². The second-order valence-electron chi connectivity index (χ2n) is 2.86. The van der Waals surface area contributed by atoms with Crippen LogP contribution in [0.15, 0.2) is 22.9 Å². The van der Waals surface area contributed by atoms with Crippen molar-refractivity contribution in [2.45, 2.75) is 19.8 Å². The number of hydrogen-bond donors (Lipinski definition) is 0. The van der Waals surface area contributed by atoms with Gasteiger partial charge < -0.3 is 4.90 Å². The molecule has 0 spiro atoms. The summed E-state index contributed by atoms with van der Waals surface area (Å²) >= 11 is 5.87. The monoisotopic (exact) mass is 171 g/mol. The Morgan fingerprint density at radius 3 is 3.00 bits per heavy atom. The van der Waals surface area contributed by atoms with Crippen molar-refractivity contribution in [3.05, 3.63) is 22.9 Å². The van der Waals surface area contributed by atoms with Crippen LogP contribution < -0.4 is 0 Å². The van der Waals surface area contributed by atoms with Gasteiger partial charge in [-0.1, -0.05) is 24.9 Å². The molecule has 1 heterocycles. The second-order valence-corrected chi connectivity index (χ2v) is 3.29. The molecule has 0 amide bonds. The molecule has 0 fully saturated rings. The van der Waals surface area contributed by atoms with E-state index in [0.717, 1.165) is 18.0 Å². The summed E-state index contributed by atoms with van der Waals surface area (Å²) < 4.78 is 0. The minimum atomic E-state index is 0.881. The molecule has 0 aromatic carbocycles. The molecule has 1 rings (SSSR count). The predicted molar refractivity (Wildman–Crippen MR) is 49.6 cm³/mol. The summed E-state index contributed by atoms with van der Waals surface area (Å²) in [6.45, 7) is 3.13. The lowest BCUT2D eigenvalue weighted by molar-refractivity contribution is 0.436. The number of likely N-dealkylation sites (N-methyl/N-ethyl adjacent to an activating group) is 1. The number of nitrogens with zero attached hydrogens (tertiary/aromatic N) is 1. The fourth-order valence-electron chi connectivity index (χ4n) is 1.19. The van der Waals surface area contributed by atoms with E-state index in [1.54, 1.807) is 0 Å². The van der Waals surface area contributed by atoms with Gasteiger partial charge >= 0.3 is 0 Å². The van der Waals surface area contributed by atoms with Gasteiger partial charge in [-0.3, -0.25) is 0 Å². The summed E-state index contributed by atoms with van der Waals surface area (Å²) in [7, 11) is 2.10. The summed E-state index contributed by atoms with van der Waals surface area (Å²) in [5.41, 5.74) is 1.35. The first-order valence-corrected chi connectivity index (χ1v) is 4.39. The summed E-state index contributed by atoms with van der Waals surface area (Å²) in [5, 5.41) is 0.881. The van der Waals surface area contributed by atoms with E-state index in [1.165, 1.54) is 12.1 Å². The molecule has 0 bridgehead atoms. The van der Waals surface area contributed by atoms with E-state index in [4.69, 9.17) is 11.6 Å². The van der Waals surface area contributed by atoms with Gasteiger partial charge in [0.2, 0.25) is 0 Å². The fourth-order valence-corrected chi connectivity index (χ4v) is 1.38. The van der Waals surface area contributed by atoms with Crippen LogP contribution in [0.5, 0.6) is 0 Å². The molecule has 0 aromatic heterocycles. The zero-order chi connectivity index (χ0) is 8.27. The SMILES string of the molecule is CCCC1=CC(Cl)=CCN1C. The Bertz CT molecular complexity index is 194. The number of rotatable bonds is 2. The van der Waals surface area contributed by atoms with E-state index in [-0.39, 0.29) is 0 Å². The lowest BCUT2D eigenvalue weighted by atomic mass is 10.2. The van der Waals surface area contributed by atoms with Crippen LogP contribution in [-0.4, -0.2) is 18.5 Å². The first-order valence-electron chi connectivity index (χ1n) is 4.01. The number of hydrogen-bond acceptors (Lipinski definition) is 1. The third-order valence-electron chi connectivity index (χ3n) is 1.86. The van der Waals surface area contributed by atoms with Gasteiger partial charge in [0.25, 0.3) is 0 Å². The highest BCUT2D eigenvalue weighted by Crippen LogP contribution is 2.19. The molecule has 0 radical (unpaired) electrons. The molecule has 0 aliphatic carbocycles. The van der Waals surface area contributed by atoms with E-state index in [2.05, 4.69) is 24.9 Å². The zero-order valence-electron chi connectivity index (χ0n) is 7.10. The highest BCUT2D eigenvalue weighted by molar-refractivity contribution is 6.31. The van der Waals surface area contributed by atoms with Crippen LogP contribution in [0, 0.1) is 0 Å². The van der Waals surface area contributed by atoms with E-state index in [1.807, 2.05) is 6.08 Å². The van der Waals surface area contributed by atoms with Crippen LogP contribution in [0.4, 0.5) is 0 Å². The molecule has 1 aliphatic heterocycles.